The van der Waals surface area contributed by atoms with Gasteiger partial charge in [0.25, 0.3) is 0 Å². The van der Waals surface area contributed by atoms with E-state index in [0.717, 1.165) is 27.7 Å². The summed E-state index contributed by atoms with van der Waals surface area (Å²) in [5, 5.41) is 1.42. The molecule has 2 rings (SSSR count). The Balaban J connectivity index is 2.08. The van der Waals surface area contributed by atoms with E-state index in [1.807, 2.05) is 43.3 Å². The van der Waals surface area contributed by atoms with E-state index in [4.69, 9.17) is 16.3 Å². The second-order valence-corrected chi connectivity index (χ2v) is 4.94. The number of hydrogen-bond donors (Lipinski definition) is 0. The molecular weight excluding hydrogens is 314 g/mol. The molecular formula is C14H13BrClNO. The Morgan fingerprint density at radius 2 is 1.89 bits per heavy atom. The number of alkyl halides is 1. The van der Waals surface area contributed by atoms with Gasteiger partial charge in [0, 0.05) is 16.0 Å². The highest BCUT2D eigenvalue weighted by atomic mass is 79.9. The van der Waals surface area contributed by atoms with Crippen LogP contribution in [0.2, 0.25) is 5.02 Å². The van der Waals surface area contributed by atoms with Crippen molar-refractivity contribution in [3.05, 3.63) is 58.4 Å². The highest BCUT2D eigenvalue weighted by molar-refractivity contribution is 9.08. The van der Waals surface area contributed by atoms with E-state index < -0.39 is 0 Å². The highest BCUT2D eigenvalue weighted by Gasteiger charge is 2.05. The van der Waals surface area contributed by atoms with Gasteiger partial charge in [-0.1, -0.05) is 39.7 Å². The van der Waals surface area contributed by atoms with Crippen LogP contribution in [0.5, 0.6) is 5.75 Å². The van der Waals surface area contributed by atoms with Crippen LogP contribution in [0.3, 0.4) is 0 Å². The predicted octanol–water partition coefficient (Wildman–Crippen LogP) is 4.52. The Hall–Kier alpha value is -1.06. The standard InChI is InChI=1S/C14H13BrClNO/c1-10-2-7-14(13(8-15)17-10)18-9-11-3-5-12(16)6-4-11/h2-7H,8-9H2,1H3. The van der Waals surface area contributed by atoms with Gasteiger partial charge in [0.2, 0.25) is 0 Å². The number of halogens is 2. The number of hydrogen-bond acceptors (Lipinski definition) is 2. The summed E-state index contributed by atoms with van der Waals surface area (Å²) in [5.74, 6) is 0.812. The zero-order valence-corrected chi connectivity index (χ0v) is 12.3. The van der Waals surface area contributed by atoms with Crippen LogP contribution < -0.4 is 4.74 Å². The summed E-state index contributed by atoms with van der Waals surface area (Å²) in [6.45, 7) is 2.48. The SMILES string of the molecule is Cc1ccc(OCc2ccc(Cl)cc2)c(CBr)n1. The van der Waals surface area contributed by atoms with E-state index in [0.29, 0.717) is 11.9 Å². The lowest BCUT2D eigenvalue weighted by atomic mass is 10.2. The second kappa shape index (κ2) is 6.21. The fourth-order valence-electron chi connectivity index (χ4n) is 1.57. The zero-order chi connectivity index (χ0) is 13.0. The zero-order valence-electron chi connectivity index (χ0n) is 9.99. The molecule has 0 amide bonds. The van der Waals surface area contributed by atoms with Gasteiger partial charge in [0.05, 0.1) is 5.69 Å². The minimum absolute atomic E-state index is 0.516. The topological polar surface area (TPSA) is 22.1 Å². The normalized spacial score (nSPS) is 10.4. The van der Waals surface area contributed by atoms with E-state index in [1.54, 1.807) is 0 Å². The molecule has 0 spiro atoms. The van der Waals surface area contributed by atoms with Gasteiger partial charge in [-0.2, -0.15) is 0 Å². The number of nitrogens with zero attached hydrogens (tertiary/aromatic N) is 1. The van der Waals surface area contributed by atoms with Crippen molar-refractivity contribution < 1.29 is 4.74 Å². The highest BCUT2D eigenvalue weighted by Crippen LogP contribution is 2.21. The average molecular weight is 327 g/mol. The first-order valence-corrected chi connectivity index (χ1v) is 7.08. The first-order valence-electron chi connectivity index (χ1n) is 5.59. The third kappa shape index (κ3) is 3.47. The maximum absolute atomic E-state index is 5.84. The van der Waals surface area contributed by atoms with Crippen molar-refractivity contribution in [2.45, 2.75) is 18.9 Å². The van der Waals surface area contributed by atoms with Gasteiger partial charge >= 0.3 is 0 Å². The van der Waals surface area contributed by atoms with Crippen molar-refractivity contribution in [2.24, 2.45) is 0 Å². The number of aryl methyl sites for hydroxylation is 1. The molecule has 0 bridgehead atoms. The fraction of sp³-hybridized carbons (Fsp3) is 0.214. The summed E-state index contributed by atoms with van der Waals surface area (Å²) >= 11 is 9.26. The second-order valence-electron chi connectivity index (χ2n) is 3.95. The summed E-state index contributed by atoms with van der Waals surface area (Å²) in [5.41, 5.74) is 2.99. The first kappa shape index (κ1) is 13.4. The van der Waals surface area contributed by atoms with Crippen LogP contribution in [0.4, 0.5) is 0 Å². The monoisotopic (exact) mass is 325 g/mol. The molecule has 0 saturated heterocycles. The quantitative estimate of drug-likeness (QED) is 0.771. The van der Waals surface area contributed by atoms with Crippen molar-refractivity contribution in [3.8, 4) is 5.75 Å². The Kier molecular flexibility index (Phi) is 4.61. The van der Waals surface area contributed by atoms with Crippen LogP contribution in [0, 0.1) is 6.92 Å². The molecule has 1 aromatic carbocycles. The maximum Gasteiger partial charge on any atom is 0.142 e. The van der Waals surface area contributed by atoms with E-state index in [9.17, 15) is 0 Å². The predicted molar refractivity (Wildman–Crippen MR) is 77.4 cm³/mol. The van der Waals surface area contributed by atoms with E-state index in [2.05, 4.69) is 20.9 Å². The van der Waals surface area contributed by atoms with E-state index in [-0.39, 0.29) is 0 Å². The molecule has 0 atom stereocenters. The molecule has 0 unspecified atom stereocenters. The van der Waals surface area contributed by atoms with E-state index in [1.165, 1.54) is 0 Å². The minimum Gasteiger partial charge on any atom is -0.487 e. The summed E-state index contributed by atoms with van der Waals surface area (Å²) in [4.78, 5) is 4.43. The molecule has 2 aromatic rings. The van der Waals surface area contributed by atoms with Gasteiger partial charge in [-0.05, 0) is 36.8 Å². The van der Waals surface area contributed by atoms with Crippen molar-refractivity contribution in [1.82, 2.24) is 4.98 Å². The largest absolute Gasteiger partial charge is 0.487 e. The van der Waals surface area contributed by atoms with Crippen LogP contribution in [0.1, 0.15) is 17.0 Å². The Morgan fingerprint density at radius 1 is 1.17 bits per heavy atom. The first-order chi connectivity index (χ1) is 8.69. The summed E-state index contributed by atoms with van der Waals surface area (Å²) in [6, 6.07) is 11.5. The molecule has 0 aliphatic carbocycles. The summed E-state index contributed by atoms with van der Waals surface area (Å²) < 4.78 is 5.77. The third-order valence-corrected chi connectivity index (χ3v) is 3.29. The minimum atomic E-state index is 0.516. The number of benzene rings is 1. The van der Waals surface area contributed by atoms with Crippen molar-refractivity contribution in [2.75, 3.05) is 0 Å². The molecule has 0 aliphatic rings. The lowest BCUT2D eigenvalue weighted by molar-refractivity contribution is 0.302. The molecule has 1 heterocycles. The van der Waals surface area contributed by atoms with Crippen LogP contribution in [-0.2, 0) is 11.9 Å². The van der Waals surface area contributed by atoms with Crippen molar-refractivity contribution in [1.29, 1.82) is 0 Å². The molecule has 0 radical (unpaired) electrons. The molecule has 0 saturated carbocycles. The maximum atomic E-state index is 5.84. The fourth-order valence-corrected chi connectivity index (χ4v) is 2.09. The van der Waals surface area contributed by atoms with Gasteiger partial charge in [0.1, 0.15) is 12.4 Å². The molecule has 0 fully saturated rings. The van der Waals surface area contributed by atoms with Gasteiger partial charge in [0.15, 0.2) is 0 Å². The molecule has 18 heavy (non-hydrogen) atoms. The Morgan fingerprint density at radius 3 is 2.56 bits per heavy atom. The molecule has 2 nitrogen and oxygen atoms in total. The van der Waals surface area contributed by atoms with Crippen LogP contribution in [0.25, 0.3) is 0 Å². The number of pyridine rings is 1. The van der Waals surface area contributed by atoms with Crippen LogP contribution in [0.15, 0.2) is 36.4 Å². The smallest absolute Gasteiger partial charge is 0.142 e. The average Bonchev–Trinajstić information content (AvgIpc) is 2.39. The lowest BCUT2D eigenvalue weighted by Gasteiger charge is -2.10. The molecule has 0 N–H and O–H groups in total. The molecule has 1 aromatic heterocycles. The van der Waals surface area contributed by atoms with Gasteiger partial charge < -0.3 is 4.74 Å². The molecule has 94 valence electrons. The number of rotatable bonds is 4. The lowest BCUT2D eigenvalue weighted by Crippen LogP contribution is -2.00. The van der Waals surface area contributed by atoms with Gasteiger partial charge in [-0.15, -0.1) is 0 Å². The van der Waals surface area contributed by atoms with Gasteiger partial charge in [-0.25, -0.2) is 0 Å². The summed E-state index contributed by atoms with van der Waals surface area (Å²) in [7, 11) is 0. The van der Waals surface area contributed by atoms with Gasteiger partial charge in [-0.3, -0.25) is 4.98 Å². The third-order valence-electron chi connectivity index (χ3n) is 2.51. The summed E-state index contributed by atoms with van der Waals surface area (Å²) in [6.07, 6.45) is 0. The van der Waals surface area contributed by atoms with Crippen molar-refractivity contribution in [3.63, 3.8) is 0 Å². The van der Waals surface area contributed by atoms with Crippen molar-refractivity contribution >= 4 is 27.5 Å². The number of ether oxygens (including phenoxy) is 1. The van der Waals surface area contributed by atoms with Crippen LogP contribution >= 0.6 is 27.5 Å². The van der Waals surface area contributed by atoms with E-state index >= 15 is 0 Å². The number of aromatic nitrogens is 1. The van der Waals surface area contributed by atoms with Crippen LogP contribution in [-0.4, -0.2) is 4.98 Å². The Labute approximate surface area is 120 Å². The Bertz CT molecular complexity index is 528. The molecule has 0 aliphatic heterocycles. The molecule has 4 heteroatoms.